The van der Waals surface area contributed by atoms with Crippen LogP contribution in [-0.2, 0) is 9.59 Å². The summed E-state index contributed by atoms with van der Waals surface area (Å²) >= 11 is 2.80. The summed E-state index contributed by atoms with van der Waals surface area (Å²) in [6, 6.07) is 7.37. The molecule has 0 bridgehead atoms. The minimum atomic E-state index is -0.118. The van der Waals surface area contributed by atoms with Crippen molar-refractivity contribution in [3.05, 3.63) is 24.3 Å². The Morgan fingerprint density at radius 2 is 2.08 bits per heavy atom. The first-order chi connectivity index (χ1) is 12.5. The van der Waals surface area contributed by atoms with Crippen molar-refractivity contribution >= 4 is 51.4 Å². The Hall–Kier alpha value is -2.13. The third-order valence-corrected chi connectivity index (χ3v) is 5.77. The fourth-order valence-corrected chi connectivity index (χ4v) is 4.06. The molecule has 2 N–H and O–H groups in total. The van der Waals surface area contributed by atoms with E-state index in [9.17, 15) is 9.59 Å². The molecule has 2 aromatic rings. The van der Waals surface area contributed by atoms with E-state index in [1.54, 1.807) is 4.90 Å². The number of nitrogens with zero attached hydrogens (tertiary/aromatic N) is 3. The molecule has 138 valence electrons. The molecular weight excluding hydrogens is 370 g/mol. The van der Waals surface area contributed by atoms with Gasteiger partial charge in [-0.25, -0.2) is 0 Å². The van der Waals surface area contributed by atoms with E-state index in [1.165, 1.54) is 42.9 Å². The summed E-state index contributed by atoms with van der Waals surface area (Å²) in [7, 11) is 1.86. The van der Waals surface area contributed by atoms with Gasteiger partial charge >= 0.3 is 0 Å². The average molecular weight is 392 g/mol. The van der Waals surface area contributed by atoms with Crippen LogP contribution in [0.4, 0.5) is 16.5 Å². The second kappa shape index (κ2) is 8.50. The lowest BCUT2D eigenvalue weighted by Gasteiger charge is -2.15. The number of anilines is 3. The maximum atomic E-state index is 12.1. The van der Waals surface area contributed by atoms with Gasteiger partial charge in [-0.3, -0.25) is 9.59 Å². The van der Waals surface area contributed by atoms with E-state index in [-0.39, 0.29) is 11.8 Å². The SMILES string of the molecule is CC(=O)Nc1cccc(Nc2nnc(SCC(=O)N(C)CC3CC3)s2)c1. The molecule has 1 heterocycles. The predicted octanol–water partition coefficient (Wildman–Crippen LogP) is 3.20. The molecule has 0 aliphatic heterocycles. The number of carbonyl (C=O) groups is 2. The third-order valence-electron chi connectivity index (χ3n) is 3.81. The topological polar surface area (TPSA) is 87.2 Å². The van der Waals surface area contributed by atoms with Gasteiger partial charge in [0, 0.05) is 31.9 Å². The summed E-state index contributed by atoms with van der Waals surface area (Å²) in [6.07, 6.45) is 2.47. The van der Waals surface area contributed by atoms with Crippen molar-refractivity contribution in [3.63, 3.8) is 0 Å². The molecule has 0 atom stereocenters. The number of hydrogen-bond donors (Lipinski definition) is 2. The Labute approximate surface area is 160 Å². The highest BCUT2D eigenvalue weighted by Crippen LogP contribution is 2.31. The van der Waals surface area contributed by atoms with Crippen LogP contribution in [0.3, 0.4) is 0 Å². The molecule has 7 nitrogen and oxygen atoms in total. The van der Waals surface area contributed by atoms with Gasteiger partial charge in [-0.1, -0.05) is 29.2 Å². The van der Waals surface area contributed by atoms with E-state index in [4.69, 9.17) is 0 Å². The second-order valence-electron chi connectivity index (χ2n) is 6.27. The van der Waals surface area contributed by atoms with Crippen LogP contribution in [0, 0.1) is 5.92 Å². The maximum absolute atomic E-state index is 12.1. The van der Waals surface area contributed by atoms with Crippen molar-refractivity contribution in [2.45, 2.75) is 24.1 Å². The van der Waals surface area contributed by atoms with Crippen molar-refractivity contribution < 1.29 is 9.59 Å². The summed E-state index contributed by atoms with van der Waals surface area (Å²) < 4.78 is 0.749. The van der Waals surface area contributed by atoms with Crippen LogP contribution in [0.1, 0.15) is 19.8 Å². The molecule has 0 saturated heterocycles. The first-order valence-electron chi connectivity index (χ1n) is 8.34. The molecule has 1 aliphatic rings. The minimum absolute atomic E-state index is 0.118. The van der Waals surface area contributed by atoms with E-state index in [1.807, 2.05) is 31.3 Å². The Morgan fingerprint density at radius 1 is 1.31 bits per heavy atom. The molecule has 0 radical (unpaired) electrons. The van der Waals surface area contributed by atoms with Gasteiger partial charge in [0.15, 0.2) is 4.34 Å². The minimum Gasteiger partial charge on any atom is -0.345 e. The monoisotopic (exact) mass is 391 g/mol. The number of amides is 2. The summed E-state index contributed by atoms with van der Waals surface area (Å²) in [5, 5.41) is 14.8. The number of nitrogens with one attached hydrogen (secondary N) is 2. The van der Waals surface area contributed by atoms with Crippen LogP contribution in [0.2, 0.25) is 0 Å². The highest BCUT2D eigenvalue weighted by molar-refractivity contribution is 8.01. The van der Waals surface area contributed by atoms with Gasteiger partial charge in [0.1, 0.15) is 0 Å². The predicted molar refractivity (Wildman–Crippen MR) is 105 cm³/mol. The Kier molecular flexibility index (Phi) is 6.10. The number of carbonyl (C=O) groups excluding carboxylic acids is 2. The van der Waals surface area contributed by atoms with Crippen molar-refractivity contribution in [3.8, 4) is 0 Å². The fourth-order valence-electron chi connectivity index (χ4n) is 2.34. The van der Waals surface area contributed by atoms with Crippen LogP contribution in [-0.4, -0.2) is 46.3 Å². The molecule has 26 heavy (non-hydrogen) atoms. The smallest absolute Gasteiger partial charge is 0.232 e. The summed E-state index contributed by atoms with van der Waals surface area (Å²) in [5.41, 5.74) is 1.52. The summed E-state index contributed by atoms with van der Waals surface area (Å²) in [6.45, 7) is 2.32. The van der Waals surface area contributed by atoms with E-state index in [0.29, 0.717) is 22.5 Å². The van der Waals surface area contributed by atoms with Crippen LogP contribution >= 0.6 is 23.1 Å². The largest absolute Gasteiger partial charge is 0.345 e. The number of aromatic nitrogens is 2. The number of thioether (sulfide) groups is 1. The number of benzene rings is 1. The zero-order chi connectivity index (χ0) is 18.5. The van der Waals surface area contributed by atoms with Gasteiger partial charge in [0.2, 0.25) is 16.9 Å². The third kappa shape index (κ3) is 5.70. The van der Waals surface area contributed by atoms with Crippen molar-refractivity contribution in [2.24, 2.45) is 5.92 Å². The van der Waals surface area contributed by atoms with Gasteiger partial charge in [-0.2, -0.15) is 0 Å². The molecule has 0 spiro atoms. The van der Waals surface area contributed by atoms with E-state index < -0.39 is 0 Å². The molecule has 0 unspecified atom stereocenters. The Balaban J connectivity index is 1.51. The molecule has 1 saturated carbocycles. The van der Waals surface area contributed by atoms with Gasteiger partial charge in [0.05, 0.1) is 5.75 Å². The van der Waals surface area contributed by atoms with Gasteiger partial charge < -0.3 is 15.5 Å². The lowest BCUT2D eigenvalue weighted by molar-refractivity contribution is -0.127. The summed E-state index contributed by atoms with van der Waals surface area (Å²) in [5.74, 6) is 1.07. The average Bonchev–Trinajstić information content (AvgIpc) is 3.29. The lowest BCUT2D eigenvalue weighted by atomic mass is 10.3. The first-order valence-corrected chi connectivity index (χ1v) is 10.1. The number of hydrogen-bond acceptors (Lipinski definition) is 7. The van der Waals surface area contributed by atoms with Gasteiger partial charge in [0.25, 0.3) is 0 Å². The van der Waals surface area contributed by atoms with Crippen LogP contribution < -0.4 is 10.6 Å². The molecule has 1 aromatic heterocycles. The van der Waals surface area contributed by atoms with Crippen molar-refractivity contribution in [2.75, 3.05) is 30.0 Å². The maximum Gasteiger partial charge on any atom is 0.232 e. The zero-order valence-electron chi connectivity index (χ0n) is 14.7. The number of rotatable bonds is 8. The molecule has 2 amide bonds. The molecule has 3 rings (SSSR count). The Morgan fingerprint density at radius 3 is 2.81 bits per heavy atom. The van der Waals surface area contributed by atoms with E-state index in [2.05, 4.69) is 20.8 Å². The molecule has 1 fully saturated rings. The molecule has 1 aromatic carbocycles. The van der Waals surface area contributed by atoms with Crippen molar-refractivity contribution in [1.29, 1.82) is 0 Å². The van der Waals surface area contributed by atoms with Crippen molar-refractivity contribution in [1.82, 2.24) is 15.1 Å². The van der Waals surface area contributed by atoms with Crippen LogP contribution in [0.5, 0.6) is 0 Å². The van der Waals surface area contributed by atoms with Crippen LogP contribution in [0.15, 0.2) is 28.6 Å². The molecule has 1 aliphatic carbocycles. The lowest BCUT2D eigenvalue weighted by Crippen LogP contribution is -2.30. The summed E-state index contributed by atoms with van der Waals surface area (Å²) in [4.78, 5) is 25.1. The standard InChI is InChI=1S/C17H21N5O2S2/c1-11(23)18-13-4-3-5-14(8-13)19-16-20-21-17(26-16)25-10-15(24)22(2)9-12-6-7-12/h3-5,8,12H,6-7,9-10H2,1-2H3,(H,18,23)(H,19,20). The van der Waals surface area contributed by atoms with Gasteiger partial charge in [-0.05, 0) is 37.0 Å². The quantitative estimate of drug-likeness (QED) is 0.672. The zero-order valence-corrected chi connectivity index (χ0v) is 16.3. The molecular formula is C17H21N5O2S2. The van der Waals surface area contributed by atoms with E-state index >= 15 is 0 Å². The normalized spacial score (nSPS) is 13.3. The van der Waals surface area contributed by atoms with Gasteiger partial charge in [-0.15, -0.1) is 10.2 Å². The highest BCUT2D eigenvalue weighted by Gasteiger charge is 2.24. The first kappa shape index (κ1) is 18.7. The second-order valence-corrected chi connectivity index (χ2v) is 8.47. The fraction of sp³-hybridized carbons (Fsp3) is 0.412. The molecule has 9 heteroatoms. The van der Waals surface area contributed by atoms with E-state index in [0.717, 1.165) is 16.6 Å². The highest BCUT2D eigenvalue weighted by atomic mass is 32.2. The Bertz CT molecular complexity index is 791. The van der Waals surface area contributed by atoms with Crippen LogP contribution in [0.25, 0.3) is 0 Å².